The van der Waals surface area contributed by atoms with Crippen molar-refractivity contribution in [1.82, 2.24) is 10.2 Å². The van der Waals surface area contributed by atoms with E-state index in [4.69, 9.17) is 9.47 Å². The molecule has 0 unspecified atom stereocenters. The summed E-state index contributed by atoms with van der Waals surface area (Å²) in [6.45, 7) is 5.75. The van der Waals surface area contributed by atoms with Gasteiger partial charge < -0.3 is 30.3 Å². The van der Waals surface area contributed by atoms with E-state index in [0.717, 1.165) is 6.54 Å². The van der Waals surface area contributed by atoms with Gasteiger partial charge in [0.2, 0.25) is 0 Å². The smallest absolute Gasteiger partial charge is 0.323 e. The predicted molar refractivity (Wildman–Crippen MR) is 125 cm³/mol. The Labute approximate surface area is 189 Å². The topological polar surface area (TPSA) is 91.9 Å². The van der Waals surface area contributed by atoms with Gasteiger partial charge in [-0.05, 0) is 43.2 Å². The number of para-hydroxylation sites is 1. The van der Waals surface area contributed by atoms with Gasteiger partial charge in [0.1, 0.15) is 12.4 Å². The first-order chi connectivity index (χ1) is 15.4. The molecule has 0 bridgehead atoms. The average Bonchev–Trinajstić information content (AvgIpc) is 2.79. The number of urea groups is 1. The summed E-state index contributed by atoms with van der Waals surface area (Å²) in [7, 11) is 3.41. The lowest BCUT2D eigenvalue weighted by Gasteiger charge is -2.30. The molecule has 32 heavy (non-hydrogen) atoms. The molecule has 8 heteroatoms. The van der Waals surface area contributed by atoms with Gasteiger partial charge in [0.15, 0.2) is 0 Å². The number of nitrogens with one attached hydrogen (secondary N) is 3. The second kappa shape index (κ2) is 11.0. The fourth-order valence-corrected chi connectivity index (χ4v) is 3.55. The summed E-state index contributed by atoms with van der Waals surface area (Å²) in [5.74, 6) is 0.501. The van der Waals surface area contributed by atoms with Crippen molar-refractivity contribution in [1.29, 1.82) is 0 Å². The van der Waals surface area contributed by atoms with Gasteiger partial charge in [0, 0.05) is 44.7 Å². The largest absolute Gasteiger partial charge is 0.491 e. The van der Waals surface area contributed by atoms with Crippen LogP contribution < -0.4 is 20.7 Å². The second-order valence-electron chi connectivity index (χ2n) is 8.21. The maximum Gasteiger partial charge on any atom is 0.323 e. The van der Waals surface area contributed by atoms with E-state index in [1.807, 2.05) is 25.1 Å². The summed E-state index contributed by atoms with van der Waals surface area (Å²) < 4.78 is 11.6. The first-order valence-electron chi connectivity index (χ1n) is 10.8. The molecular formula is C24H32N4O4. The number of likely N-dealkylation sites (N-methyl/N-ethyl adjacent to an activating group) is 1. The zero-order valence-electron chi connectivity index (χ0n) is 19.1. The van der Waals surface area contributed by atoms with Crippen molar-refractivity contribution < 1.29 is 19.1 Å². The average molecular weight is 441 g/mol. The summed E-state index contributed by atoms with van der Waals surface area (Å²) in [5.41, 5.74) is 1.56. The number of methoxy groups -OCH3 is 1. The van der Waals surface area contributed by atoms with Crippen molar-refractivity contribution >= 4 is 23.3 Å². The standard InChI is InChI=1S/C24H32N4O4/c1-16-13-25-17(2)15-32-21-11-10-19(27-24(30)26-18-8-6-5-7-9-18)12-20(21)23(29)28(3)14-22(16)31-4/h5-12,16-17,22,25H,13-15H2,1-4H3,(H2,26,27,30)/t16-,17+,22-/m0/s1. The number of nitrogens with zero attached hydrogens (tertiary/aromatic N) is 1. The molecule has 3 amide bonds. The number of amides is 3. The van der Waals surface area contributed by atoms with Crippen LogP contribution in [0.4, 0.5) is 16.2 Å². The van der Waals surface area contributed by atoms with Crippen LogP contribution in [0, 0.1) is 5.92 Å². The molecule has 3 N–H and O–H groups in total. The van der Waals surface area contributed by atoms with E-state index in [9.17, 15) is 9.59 Å². The van der Waals surface area contributed by atoms with Crippen molar-refractivity contribution in [3.63, 3.8) is 0 Å². The summed E-state index contributed by atoms with van der Waals surface area (Å²) >= 11 is 0. The number of anilines is 2. The Kier molecular flexibility index (Phi) is 8.08. The van der Waals surface area contributed by atoms with Crippen LogP contribution >= 0.6 is 0 Å². The lowest BCUT2D eigenvalue weighted by Crippen LogP contribution is -2.44. The quantitative estimate of drug-likeness (QED) is 0.680. The van der Waals surface area contributed by atoms with E-state index in [1.54, 1.807) is 49.4 Å². The van der Waals surface area contributed by atoms with Crippen molar-refractivity contribution in [3.8, 4) is 5.75 Å². The number of carbonyl (C=O) groups is 2. The fraction of sp³-hybridized carbons (Fsp3) is 0.417. The zero-order chi connectivity index (χ0) is 23.1. The Hall–Kier alpha value is -3.10. The highest BCUT2D eigenvalue weighted by atomic mass is 16.5. The van der Waals surface area contributed by atoms with E-state index >= 15 is 0 Å². The molecule has 3 atom stereocenters. The van der Waals surface area contributed by atoms with Gasteiger partial charge in [-0.2, -0.15) is 0 Å². The molecular weight excluding hydrogens is 408 g/mol. The molecule has 0 saturated carbocycles. The third-order valence-corrected chi connectivity index (χ3v) is 5.51. The van der Waals surface area contributed by atoms with Crippen LogP contribution in [-0.4, -0.2) is 62.8 Å². The molecule has 2 aromatic carbocycles. The predicted octanol–water partition coefficient (Wildman–Crippen LogP) is 3.42. The number of hydrogen-bond donors (Lipinski definition) is 3. The second-order valence-corrected chi connectivity index (χ2v) is 8.21. The third kappa shape index (κ3) is 6.21. The number of rotatable bonds is 3. The maximum absolute atomic E-state index is 13.3. The number of hydrogen-bond acceptors (Lipinski definition) is 5. The van der Waals surface area contributed by atoms with Crippen LogP contribution in [0.1, 0.15) is 24.2 Å². The van der Waals surface area contributed by atoms with Gasteiger partial charge in [0.25, 0.3) is 5.91 Å². The Morgan fingerprint density at radius 1 is 1.12 bits per heavy atom. The van der Waals surface area contributed by atoms with E-state index < -0.39 is 6.03 Å². The normalized spacial score (nSPS) is 22.1. The summed E-state index contributed by atoms with van der Waals surface area (Å²) in [4.78, 5) is 27.3. The van der Waals surface area contributed by atoms with E-state index in [-0.39, 0.29) is 24.0 Å². The zero-order valence-corrected chi connectivity index (χ0v) is 19.1. The van der Waals surface area contributed by atoms with Crippen molar-refractivity contribution in [3.05, 3.63) is 54.1 Å². The van der Waals surface area contributed by atoms with Crippen molar-refractivity contribution in [2.75, 3.05) is 44.5 Å². The highest BCUT2D eigenvalue weighted by Gasteiger charge is 2.25. The Balaban J connectivity index is 1.82. The van der Waals surface area contributed by atoms with Crippen LogP contribution in [0.25, 0.3) is 0 Å². The molecule has 0 fully saturated rings. The first-order valence-corrected chi connectivity index (χ1v) is 10.8. The molecule has 1 heterocycles. The van der Waals surface area contributed by atoms with Gasteiger partial charge >= 0.3 is 6.03 Å². The maximum atomic E-state index is 13.3. The Morgan fingerprint density at radius 2 is 1.84 bits per heavy atom. The van der Waals surface area contributed by atoms with Gasteiger partial charge in [0.05, 0.1) is 11.7 Å². The summed E-state index contributed by atoms with van der Waals surface area (Å²) in [5, 5.41) is 9.01. The monoisotopic (exact) mass is 440 g/mol. The highest BCUT2D eigenvalue weighted by molar-refractivity contribution is 6.02. The number of benzene rings is 2. The lowest BCUT2D eigenvalue weighted by molar-refractivity contribution is 0.0281. The third-order valence-electron chi connectivity index (χ3n) is 5.51. The fourth-order valence-electron chi connectivity index (χ4n) is 3.55. The molecule has 0 radical (unpaired) electrons. The van der Waals surface area contributed by atoms with Gasteiger partial charge in [-0.1, -0.05) is 25.1 Å². The minimum atomic E-state index is -0.392. The van der Waals surface area contributed by atoms with Crippen LogP contribution in [0.3, 0.4) is 0 Å². The van der Waals surface area contributed by atoms with Crippen LogP contribution in [0.15, 0.2) is 48.5 Å². The molecule has 8 nitrogen and oxygen atoms in total. The highest BCUT2D eigenvalue weighted by Crippen LogP contribution is 2.26. The molecule has 172 valence electrons. The molecule has 0 aliphatic carbocycles. The van der Waals surface area contributed by atoms with Gasteiger partial charge in [-0.15, -0.1) is 0 Å². The van der Waals surface area contributed by atoms with Crippen LogP contribution in [0.2, 0.25) is 0 Å². The van der Waals surface area contributed by atoms with Crippen LogP contribution in [0.5, 0.6) is 5.75 Å². The van der Waals surface area contributed by atoms with E-state index in [1.165, 1.54) is 0 Å². The summed E-state index contributed by atoms with van der Waals surface area (Å²) in [6, 6.07) is 13.9. The minimum Gasteiger partial charge on any atom is -0.491 e. The molecule has 0 saturated heterocycles. The number of carbonyl (C=O) groups excluding carboxylic acids is 2. The minimum absolute atomic E-state index is 0.101. The molecule has 3 rings (SSSR count). The van der Waals surface area contributed by atoms with E-state index in [0.29, 0.717) is 35.8 Å². The number of ether oxygens (including phenoxy) is 2. The molecule has 1 aliphatic heterocycles. The summed E-state index contributed by atoms with van der Waals surface area (Å²) in [6.07, 6.45) is -0.106. The van der Waals surface area contributed by atoms with Crippen LogP contribution in [-0.2, 0) is 4.74 Å². The Morgan fingerprint density at radius 3 is 2.56 bits per heavy atom. The van der Waals surface area contributed by atoms with Gasteiger partial charge in [-0.25, -0.2) is 4.79 Å². The SMILES string of the molecule is CO[C@H]1CN(C)C(=O)c2cc(NC(=O)Nc3ccccc3)ccc2OC[C@@H](C)NC[C@@H]1C. The van der Waals surface area contributed by atoms with Gasteiger partial charge in [-0.3, -0.25) is 4.79 Å². The Bertz CT molecular complexity index is 921. The first kappa shape index (κ1) is 23.6. The number of fused-ring (bicyclic) bond motifs is 1. The molecule has 0 spiro atoms. The molecule has 2 aromatic rings. The van der Waals surface area contributed by atoms with Crippen molar-refractivity contribution in [2.24, 2.45) is 5.92 Å². The molecule has 1 aliphatic rings. The molecule has 0 aromatic heterocycles. The van der Waals surface area contributed by atoms with E-state index in [2.05, 4.69) is 22.9 Å². The van der Waals surface area contributed by atoms with Crippen molar-refractivity contribution in [2.45, 2.75) is 26.0 Å². The lowest BCUT2D eigenvalue weighted by atomic mass is 10.0.